The lowest BCUT2D eigenvalue weighted by molar-refractivity contribution is 0.327. The highest BCUT2D eigenvalue weighted by atomic mass is 35.5. The zero-order valence-corrected chi connectivity index (χ0v) is 13.3. The Hall–Kier alpha value is -0.800. The number of nitrogens with one attached hydrogen (secondary N) is 1. The topological polar surface area (TPSA) is 15.3 Å². The van der Waals surface area contributed by atoms with Crippen molar-refractivity contribution in [1.82, 2.24) is 5.32 Å². The van der Waals surface area contributed by atoms with E-state index in [-0.39, 0.29) is 5.82 Å². The van der Waals surface area contributed by atoms with Crippen LogP contribution in [0.4, 0.5) is 10.1 Å². The highest BCUT2D eigenvalue weighted by Gasteiger charge is 2.30. The predicted octanol–water partition coefficient (Wildman–Crippen LogP) is 4.08. The molecule has 0 aromatic heterocycles. The van der Waals surface area contributed by atoms with Gasteiger partial charge in [0.2, 0.25) is 0 Å². The Bertz CT molecular complexity index is 450. The lowest BCUT2D eigenvalue weighted by Crippen LogP contribution is -2.58. The van der Waals surface area contributed by atoms with Gasteiger partial charge >= 0.3 is 0 Å². The molecule has 112 valence electrons. The van der Waals surface area contributed by atoms with E-state index in [1.54, 1.807) is 12.1 Å². The summed E-state index contributed by atoms with van der Waals surface area (Å²) in [4.78, 5) is 2.28. The Balaban J connectivity index is 2.28. The molecule has 2 nitrogen and oxygen atoms in total. The van der Waals surface area contributed by atoms with Gasteiger partial charge in [0, 0.05) is 25.2 Å². The maximum atomic E-state index is 13.6. The zero-order valence-electron chi connectivity index (χ0n) is 12.5. The maximum absolute atomic E-state index is 13.6. The number of nitrogens with zero attached hydrogens (tertiary/aromatic N) is 1. The summed E-state index contributed by atoms with van der Waals surface area (Å²) in [5.74, 6) is 0.266. The van der Waals surface area contributed by atoms with Gasteiger partial charge in [-0.1, -0.05) is 38.8 Å². The summed E-state index contributed by atoms with van der Waals surface area (Å²) in [6.07, 6.45) is 2.28. The van der Waals surface area contributed by atoms with Gasteiger partial charge in [-0.05, 0) is 30.5 Å². The average Bonchev–Trinajstić information content (AvgIpc) is 2.41. The monoisotopic (exact) mass is 298 g/mol. The normalized spacial score (nSPS) is 23.4. The average molecular weight is 299 g/mol. The van der Waals surface area contributed by atoms with Crippen LogP contribution in [-0.2, 0) is 0 Å². The van der Waals surface area contributed by atoms with Crippen molar-refractivity contribution in [2.75, 3.05) is 18.0 Å². The minimum Gasteiger partial charge on any atom is -0.364 e. The van der Waals surface area contributed by atoms with Crippen LogP contribution in [0.1, 0.15) is 33.6 Å². The molecule has 20 heavy (non-hydrogen) atoms. The maximum Gasteiger partial charge on any atom is 0.125 e. The minimum absolute atomic E-state index is 0.225. The van der Waals surface area contributed by atoms with Crippen molar-refractivity contribution >= 4 is 17.3 Å². The molecule has 2 rings (SSSR count). The summed E-state index contributed by atoms with van der Waals surface area (Å²) >= 11 is 6.30. The molecule has 1 N–H and O–H groups in total. The van der Waals surface area contributed by atoms with Crippen LogP contribution in [-0.4, -0.2) is 25.2 Å². The Morgan fingerprint density at radius 2 is 2.20 bits per heavy atom. The van der Waals surface area contributed by atoms with Crippen LogP contribution in [0.5, 0.6) is 0 Å². The smallest absolute Gasteiger partial charge is 0.125 e. The second kappa shape index (κ2) is 6.77. The molecule has 1 aromatic rings. The van der Waals surface area contributed by atoms with Gasteiger partial charge in [0.15, 0.2) is 0 Å². The van der Waals surface area contributed by atoms with Crippen molar-refractivity contribution in [2.24, 2.45) is 5.92 Å². The molecular formula is C16H24ClFN2. The summed E-state index contributed by atoms with van der Waals surface area (Å²) in [7, 11) is 0. The molecule has 1 aliphatic heterocycles. The van der Waals surface area contributed by atoms with Gasteiger partial charge in [-0.15, -0.1) is 0 Å². The number of hydrogen-bond acceptors (Lipinski definition) is 2. The Kier molecular flexibility index (Phi) is 5.28. The van der Waals surface area contributed by atoms with E-state index in [0.717, 1.165) is 31.6 Å². The fourth-order valence-corrected chi connectivity index (χ4v) is 3.18. The molecule has 0 bridgehead atoms. The molecule has 1 fully saturated rings. The van der Waals surface area contributed by atoms with Crippen LogP contribution in [0, 0.1) is 11.7 Å². The molecule has 1 aromatic carbocycles. The first-order valence-electron chi connectivity index (χ1n) is 7.48. The molecule has 1 saturated heterocycles. The molecule has 2 unspecified atom stereocenters. The second-order valence-electron chi connectivity index (χ2n) is 5.95. The SMILES string of the molecule is CCCC1CN(c2cc(F)ccc2Cl)C(C(C)C)CN1. The minimum atomic E-state index is -0.225. The Morgan fingerprint density at radius 3 is 2.85 bits per heavy atom. The molecule has 0 radical (unpaired) electrons. The van der Waals surface area contributed by atoms with Crippen LogP contribution in [0.3, 0.4) is 0 Å². The van der Waals surface area contributed by atoms with Crippen molar-refractivity contribution in [3.8, 4) is 0 Å². The number of halogens is 2. The fourth-order valence-electron chi connectivity index (χ4n) is 2.96. The van der Waals surface area contributed by atoms with Crippen molar-refractivity contribution in [3.05, 3.63) is 29.0 Å². The third-order valence-electron chi connectivity index (χ3n) is 4.06. The predicted molar refractivity (Wildman–Crippen MR) is 84.1 cm³/mol. The van der Waals surface area contributed by atoms with Gasteiger partial charge in [0.25, 0.3) is 0 Å². The Labute approximate surface area is 126 Å². The van der Waals surface area contributed by atoms with Gasteiger partial charge < -0.3 is 10.2 Å². The lowest BCUT2D eigenvalue weighted by Gasteiger charge is -2.44. The van der Waals surface area contributed by atoms with Crippen molar-refractivity contribution in [2.45, 2.75) is 45.7 Å². The summed E-state index contributed by atoms with van der Waals surface area (Å²) < 4.78 is 13.6. The van der Waals surface area contributed by atoms with E-state index in [2.05, 4.69) is 31.0 Å². The van der Waals surface area contributed by atoms with Crippen LogP contribution in [0.2, 0.25) is 5.02 Å². The molecule has 4 heteroatoms. The van der Waals surface area contributed by atoms with E-state index in [0.29, 0.717) is 23.0 Å². The zero-order chi connectivity index (χ0) is 14.7. The quantitative estimate of drug-likeness (QED) is 0.901. The van der Waals surface area contributed by atoms with Crippen LogP contribution < -0.4 is 10.2 Å². The number of rotatable bonds is 4. The first-order chi connectivity index (χ1) is 9.52. The summed E-state index contributed by atoms with van der Waals surface area (Å²) in [5.41, 5.74) is 0.827. The van der Waals surface area contributed by atoms with E-state index in [1.165, 1.54) is 6.07 Å². The first kappa shape index (κ1) is 15.6. The molecule has 2 atom stereocenters. The van der Waals surface area contributed by atoms with Gasteiger partial charge in [-0.25, -0.2) is 4.39 Å². The fraction of sp³-hybridized carbons (Fsp3) is 0.625. The molecule has 0 amide bonds. The van der Waals surface area contributed by atoms with Gasteiger partial charge in [0.1, 0.15) is 5.82 Å². The van der Waals surface area contributed by atoms with Crippen molar-refractivity contribution in [3.63, 3.8) is 0 Å². The van der Waals surface area contributed by atoms with Crippen molar-refractivity contribution in [1.29, 1.82) is 0 Å². The summed E-state index contributed by atoms with van der Waals surface area (Å²) in [6.45, 7) is 8.41. The molecule has 1 heterocycles. The molecule has 1 aliphatic rings. The molecule has 0 saturated carbocycles. The highest BCUT2D eigenvalue weighted by Crippen LogP contribution is 2.31. The Morgan fingerprint density at radius 1 is 1.45 bits per heavy atom. The van der Waals surface area contributed by atoms with Gasteiger partial charge in [-0.3, -0.25) is 0 Å². The second-order valence-corrected chi connectivity index (χ2v) is 6.36. The third kappa shape index (κ3) is 3.44. The third-order valence-corrected chi connectivity index (χ3v) is 4.38. The van der Waals surface area contributed by atoms with Gasteiger partial charge in [0.05, 0.1) is 10.7 Å². The summed E-state index contributed by atoms with van der Waals surface area (Å²) in [5, 5.41) is 4.24. The van der Waals surface area contributed by atoms with E-state index in [9.17, 15) is 4.39 Å². The molecule has 0 spiro atoms. The van der Waals surface area contributed by atoms with Crippen LogP contribution >= 0.6 is 11.6 Å². The summed E-state index contributed by atoms with van der Waals surface area (Å²) in [6, 6.07) is 5.44. The number of benzene rings is 1. The first-order valence-corrected chi connectivity index (χ1v) is 7.85. The van der Waals surface area contributed by atoms with E-state index in [1.807, 2.05) is 0 Å². The van der Waals surface area contributed by atoms with Gasteiger partial charge in [-0.2, -0.15) is 0 Å². The van der Waals surface area contributed by atoms with E-state index in [4.69, 9.17) is 11.6 Å². The lowest BCUT2D eigenvalue weighted by atomic mass is 9.96. The van der Waals surface area contributed by atoms with E-state index < -0.39 is 0 Å². The van der Waals surface area contributed by atoms with Crippen molar-refractivity contribution < 1.29 is 4.39 Å². The molecular weight excluding hydrogens is 275 g/mol. The standard InChI is InChI=1S/C16H24ClFN2/c1-4-5-13-10-20(16(9-19-13)11(2)3)15-8-12(18)6-7-14(15)17/h6-8,11,13,16,19H,4-5,9-10H2,1-3H3. The molecule has 0 aliphatic carbocycles. The number of hydrogen-bond donors (Lipinski definition) is 1. The van der Waals surface area contributed by atoms with Crippen LogP contribution in [0.15, 0.2) is 18.2 Å². The van der Waals surface area contributed by atoms with Crippen LogP contribution in [0.25, 0.3) is 0 Å². The largest absolute Gasteiger partial charge is 0.364 e. The number of anilines is 1. The van der Waals surface area contributed by atoms with E-state index >= 15 is 0 Å². The number of piperazine rings is 1. The highest BCUT2D eigenvalue weighted by molar-refractivity contribution is 6.33.